The fourth-order valence-corrected chi connectivity index (χ4v) is 3.92. The van der Waals surface area contributed by atoms with Crippen LogP contribution in [-0.2, 0) is 11.2 Å². The number of alkyl halides is 3. The molecule has 3 rings (SSSR count). The molecule has 144 valence electrons. The largest absolute Gasteiger partial charge is 0.497 e. The molecular weight excluding hydrogens is 405 g/mol. The molecule has 2 aromatic carbocycles. The summed E-state index contributed by atoms with van der Waals surface area (Å²) < 4.78 is 49.8. The van der Waals surface area contributed by atoms with E-state index in [4.69, 9.17) is 26.2 Å². The van der Waals surface area contributed by atoms with Crippen LogP contribution in [0.15, 0.2) is 46.2 Å². The van der Waals surface area contributed by atoms with E-state index in [1.54, 1.807) is 31.4 Å². The summed E-state index contributed by atoms with van der Waals surface area (Å²) in [6.07, 6.45) is -7.49. The second-order valence-corrected chi connectivity index (χ2v) is 7.42. The van der Waals surface area contributed by atoms with Crippen molar-refractivity contribution in [3.8, 4) is 11.5 Å². The molecule has 0 saturated carbocycles. The van der Waals surface area contributed by atoms with Crippen LogP contribution in [0.2, 0.25) is 5.02 Å². The molecule has 0 radical (unpaired) electrons. The third kappa shape index (κ3) is 4.27. The van der Waals surface area contributed by atoms with Gasteiger partial charge in [0.25, 0.3) is 0 Å². The maximum Gasteiger partial charge on any atom is 0.426 e. The number of hydrogen-bond donors (Lipinski definition) is 1. The summed E-state index contributed by atoms with van der Waals surface area (Å²) in [5, 5.41) is 9.44. The third-order valence-electron chi connectivity index (χ3n) is 4.10. The molecule has 9 heteroatoms. The van der Waals surface area contributed by atoms with Gasteiger partial charge in [0, 0.05) is 9.79 Å². The van der Waals surface area contributed by atoms with E-state index < -0.39 is 24.2 Å². The highest BCUT2D eigenvalue weighted by atomic mass is 35.5. The van der Waals surface area contributed by atoms with Crippen LogP contribution in [0.25, 0.3) is 0 Å². The number of benzene rings is 2. The van der Waals surface area contributed by atoms with Crippen molar-refractivity contribution in [1.82, 2.24) is 0 Å². The Hall–Kier alpha value is -2.06. The highest BCUT2D eigenvalue weighted by molar-refractivity contribution is 7.99. The SMILES string of the molecule is COc1ccc(Sc2cc3c(cc2Cl)C[C@@H](C(=O)O)[C@@H](C(F)(F)F)O3)cc1. The minimum atomic E-state index is -4.79. The number of hydrogen-bond acceptors (Lipinski definition) is 4. The van der Waals surface area contributed by atoms with Gasteiger partial charge in [0.1, 0.15) is 17.4 Å². The zero-order chi connectivity index (χ0) is 19.8. The second-order valence-electron chi connectivity index (χ2n) is 5.90. The van der Waals surface area contributed by atoms with Gasteiger partial charge in [0.2, 0.25) is 6.10 Å². The summed E-state index contributed by atoms with van der Waals surface area (Å²) in [5.41, 5.74) is 0.340. The molecule has 1 N–H and O–H groups in total. The molecule has 2 aromatic rings. The molecule has 1 aliphatic rings. The number of aliphatic carboxylic acids is 1. The van der Waals surface area contributed by atoms with Crippen molar-refractivity contribution in [2.75, 3.05) is 7.11 Å². The van der Waals surface area contributed by atoms with E-state index in [1.165, 1.54) is 23.9 Å². The van der Waals surface area contributed by atoms with Crippen molar-refractivity contribution >= 4 is 29.3 Å². The fraction of sp³-hybridized carbons (Fsp3) is 0.278. The molecule has 2 atom stereocenters. The Balaban J connectivity index is 1.91. The van der Waals surface area contributed by atoms with E-state index in [0.29, 0.717) is 21.2 Å². The lowest BCUT2D eigenvalue weighted by molar-refractivity contribution is -0.217. The monoisotopic (exact) mass is 418 g/mol. The standard InChI is InChI=1S/C18H14ClF3O4S/c1-25-10-2-4-11(5-3-10)27-15-8-14-9(7-13(15)19)6-12(17(23)24)16(26-14)18(20,21)22/h2-5,7-8,12,16H,6H2,1H3,(H,23,24)/t12-,16+/m1/s1. The van der Waals surface area contributed by atoms with Crippen molar-refractivity contribution in [2.24, 2.45) is 5.92 Å². The molecule has 0 saturated heterocycles. The van der Waals surface area contributed by atoms with Crippen LogP contribution < -0.4 is 9.47 Å². The summed E-state index contributed by atoms with van der Waals surface area (Å²) in [4.78, 5) is 12.6. The molecular formula is C18H14ClF3O4S. The Morgan fingerprint density at radius 3 is 2.52 bits per heavy atom. The summed E-state index contributed by atoms with van der Waals surface area (Å²) >= 11 is 7.51. The fourth-order valence-electron chi connectivity index (χ4n) is 2.77. The molecule has 0 unspecified atom stereocenters. The molecule has 0 fully saturated rings. The van der Waals surface area contributed by atoms with Crippen LogP contribution >= 0.6 is 23.4 Å². The number of rotatable bonds is 4. The van der Waals surface area contributed by atoms with Crippen LogP contribution in [0.3, 0.4) is 0 Å². The molecule has 0 bridgehead atoms. The number of methoxy groups -OCH3 is 1. The van der Waals surface area contributed by atoms with Crippen LogP contribution in [0.4, 0.5) is 13.2 Å². The normalized spacial score (nSPS) is 19.1. The van der Waals surface area contributed by atoms with Gasteiger partial charge in [0.15, 0.2) is 0 Å². The van der Waals surface area contributed by atoms with Crippen molar-refractivity contribution < 1.29 is 32.5 Å². The molecule has 0 aliphatic carbocycles. The average molecular weight is 419 g/mol. The first-order valence-electron chi connectivity index (χ1n) is 7.79. The van der Waals surface area contributed by atoms with Gasteiger partial charge in [-0.05, 0) is 48.4 Å². The van der Waals surface area contributed by atoms with Crippen molar-refractivity contribution in [2.45, 2.75) is 28.5 Å². The van der Waals surface area contributed by atoms with Gasteiger partial charge in [-0.3, -0.25) is 4.79 Å². The lowest BCUT2D eigenvalue weighted by Crippen LogP contribution is -2.47. The molecule has 1 heterocycles. The van der Waals surface area contributed by atoms with E-state index in [-0.39, 0.29) is 12.2 Å². The maximum absolute atomic E-state index is 13.2. The van der Waals surface area contributed by atoms with E-state index in [2.05, 4.69) is 0 Å². The van der Waals surface area contributed by atoms with Crippen molar-refractivity contribution in [3.05, 3.63) is 47.0 Å². The average Bonchev–Trinajstić information content (AvgIpc) is 2.61. The number of fused-ring (bicyclic) bond motifs is 1. The zero-order valence-corrected chi connectivity index (χ0v) is 15.5. The zero-order valence-electron chi connectivity index (χ0n) is 13.9. The number of carboxylic acids is 1. The van der Waals surface area contributed by atoms with E-state index >= 15 is 0 Å². The van der Waals surface area contributed by atoms with Gasteiger partial charge >= 0.3 is 12.1 Å². The van der Waals surface area contributed by atoms with Gasteiger partial charge in [-0.1, -0.05) is 23.4 Å². The minimum absolute atomic E-state index is 0.00441. The molecule has 27 heavy (non-hydrogen) atoms. The highest BCUT2D eigenvalue weighted by Gasteiger charge is 2.52. The molecule has 0 amide bonds. The van der Waals surface area contributed by atoms with Gasteiger partial charge in [-0.2, -0.15) is 13.2 Å². The first kappa shape index (κ1) is 19.7. The Bertz CT molecular complexity index is 855. The van der Waals surface area contributed by atoms with Crippen molar-refractivity contribution in [3.63, 3.8) is 0 Å². The van der Waals surface area contributed by atoms with Crippen molar-refractivity contribution in [1.29, 1.82) is 0 Å². The summed E-state index contributed by atoms with van der Waals surface area (Å²) in [7, 11) is 1.54. The van der Waals surface area contributed by atoms with Crippen LogP contribution in [-0.4, -0.2) is 30.5 Å². The number of carboxylic acid groups (broad SMARTS) is 1. The Morgan fingerprint density at radius 2 is 1.96 bits per heavy atom. The highest BCUT2D eigenvalue weighted by Crippen LogP contribution is 2.43. The molecule has 4 nitrogen and oxygen atoms in total. The van der Waals surface area contributed by atoms with E-state index in [9.17, 15) is 18.0 Å². The maximum atomic E-state index is 13.2. The summed E-state index contributed by atoms with van der Waals surface area (Å²) in [5.74, 6) is -2.60. The molecule has 0 aromatic heterocycles. The lowest BCUT2D eigenvalue weighted by atomic mass is 9.90. The predicted molar refractivity (Wildman–Crippen MR) is 93.9 cm³/mol. The van der Waals surface area contributed by atoms with Crippen LogP contribution in [0.1, 0.15) is 5.56 Å². The lowest BCUT2D eigenvalue weighted by Gasteiger charge is -2.32. The second kappa shape index (κ2) is 7.52. The van der Waals surface area contributed by atoms with Gasteiger partial charge in [-0.15, -0.1) is 0 Å². The Morgan fingerprint density at radius 1 is 1.30 bits per heavy atom. The Kier molecular flexibility index (Phi) is 5.48. The molecule has 0 spiro atoms. The topological polar surface area (TPSA) is 55.8 Å². The van der Waals surface area contributed by atoms with Gasteiger partial charge in [0.05, 0.1) is 12.1 Å². The van der Waals surface area contributed by atoms with E-state index in [0.717, 1.165) is 4.90 Å². The summed E-state index contributed by atoms with van der Waals surface area (Å²) in [6.45, 7) is 0. The summed E-state index contributed by atoms with van der Waals surface area (Å²) in [6, 6.07) is 9.97. The van der Waals surface area contributed by atoms with Crippen LogP contribution in [0.5, 0.6) is 11.5 Å². The Labute approximate surface area is 162 Å². The number of ether oxygens (including phenoxy) is 2. The number of carbonyl (C=O) groups is 1. The quantitative estimate of drug-likeness (QED) is 0.751. The van der Waals surface area contributed by atoms with Gasteiger partial charge < -0.3 is 14.6 Å². The first-order valence-corrected chi connectivity index (χ1v) is 8.99. The number of halogens is 4. The van der Waals surface area contributed by atoms with E-state index in [1.807, 2.05) is 0 Å². The molecule has 1 aliphatic heterocycles. The first-order chi connectivity index (χ1) is 12.7. The smallest absolute Gasteiger partial charge is 0.426 e. The van der Waals surface area contributed by atoms with Crippen LogP contribution in [0, 0.1) is 5.92 Å². The van der Waals surface area contributed by atoms with Gasteiger partial charge in [-0.25, -0.2) is 0 Å². The minimum Gasteiger partial charge on any atom is -0.497 e. The third-order valence-corrected chi connectivity index (χ3v) is 5.59. The predicted octanol–water partition coefficient (Wildman–Crippen LogP) is 5.07.